The summed E-state index contributed by atoms with van der Waals surface area (Å²) in [7, 11) is -2.21. The monoisotopic (exact) mass is 475 g/mol. The second kappa shape index (κ2) is 9.68. The number of benzene rings is 2. The Balaban J connectivity index is 1.45. The van der Waals surface area contributed by atoms with E-state index in [4.69, 9.17) is 14.3 Å². The van der Waals surface area contributed by atoms with Crippen LogP contribution >= 0.6 is 0 Å². The van der Waals surface area contributed by atoms with Gasteiger partial charge in [0.05, 0.1) is 25.4 Å². The van der Waals surface area contributed by atoms with E-state index in [2.05, 4.69) is 4.72 Å². The van der Waals surface area contributed by atoms with Crippen molar-refractivity contribution in [3.8, 4) is 5.75 Å². The Labute approximate surface area is 194 Å². The minimum Gasteiger partial charge on any atom is -0.486 e. The van der Waals surface area contributed by atoms with Crippen molar-refractivity contribution in [2.75, 3.05) is 38.1 Å². The Kier molecular flexibility index (Phi) is 6.89. The molecule has 2 aliphatic heterocycles. The standard InChI is InChI=1S/C23H29N3O6S/c1-16-8-9-17(2)20(12-16)23(27)25-14-21(30-3)22(15-25)32-19-7-4-6-18(13-19)24-33(28,29)26-10-5-11-31-26/h4,6-9,12-13,21-22,24H,5,10-11,14-15H2,1-3H3/t21-,22-/m1/s1. The summed E-state index contributed by atoms with van der Waals surface area (Å²) in [6.45, 7) is 5.34. The van der Waals surface area contributed by atoms with Crippen LogP contribution in [0.3, 0.4) is 0 Å². The molecule has 9 nitrogen and oxygen atoms in total. The molecule has 0 unspecified atom stereocenters. The van der Waals surface area contributed by atoms with Crippen LogP contribution in [0, 0.1) is 13.8 Å². The Morgan fingerprint density at radius 1 is 1.12 bits per heavy atom. The molecule has 10 heteroatoms. The topological polar surface area (TPSA) is 97.4 Å². The first-order chi connectivity index (χ1) is 15.8. The fraction of sp³-hybridized carbons (Fsp3) is 0.435. The third-order valence-electron chi connectivity index (χ3n) is 5.79. The highest BCUT2D eigenvalue weighted by Crippen LogP contribution is 2.26. The molecule has 2 aromatic carbocycles. The SMILES string of the molecule is CO[C@@H]1CN(C(=O)c2cc(C)ccc2C)C[C@H]1Oc1cccc(NS(=O)(=O)N2CCCO2)c1. The number of aryl methyl sites for hydroxylation is 2. The Hall–Kier alpha value is -2.66. The fourth-order valence-corrected chi connectivity index (χ4v) is 5.12. The van der Waals surface area contributed by atoms with Gasteiger partial charge < -0.3 is 14.4 Å². The van der Waals surface area contributed by atoms with E-state index in [0.717, 1.165) is 15.6 Å². The number of likely N-dealkylation sites (tertiary alicyclic amines) is 1. The van der Waals surface area contributed by atoms with Crippen molar-refractivity contribution >= 4 is 21.8 Å². The molecule has 0 saturated carbocycles. The summed E-state index contributed by atoms with van der Waals surface area (Å²) in [5, 5.41) is 0. The number of hydroxylamine groups is 1. The summed E-state index contributed by atoms with van der Waals surface area (Å²) in [6, 6.07) is 12.5. The number of nitrogens with one attached hydrogen (secondary N) is 1. The number of anilines is 1. The van der Waals surface area contributed by atoms with E-state index < -0.39 is 16.3 Å². The molecule has 2 aliphatic rings. The summed E-state index contributed by atoms with van der Waals surface area (Å²) in [5.74, 6) is 0.419. The Morgan fingerprint density at radius 3 is 2.64 bits per heavy atom. The number of carbonyl (C=O) groups excluding carboxylic acids is 1. The molecule has 33 heavy (non-hydrogen) atoms. The number of rotatable bonds is 7. The summed E-state index contributed by atoms with van der Waals surface area (Å²) in [6.07, 6.45) is -0.0446. The van der Waals surface area contributed by atoms with Gasteiger partial charge in [0.25, 0.3) is 5.91 Å². The van der Waals surface area contributed by atoms with Crippen molar-refractivity contribution in [1.29, 1.82) is 0 Å². The minimum absolute atomic E-state index is 0.0588. The van der Waals surface area contributed by atoms with Crippen LogP contribution in [0.2, 0.25) is 0 Å². The van der Waals surface area contributed by atoms with Crippen LogP contribution in [-0.2, 0) is 19.8 Å². The van der Waals surface area contributed by atoms with E-state index in [1.54, 1.807) is 36.3 Å². The van der Waals surface area contributed by atoms with Crippen LogP contribution in [0.4, 0.5) is 5.69 Å². The van der Waals surface area contributed by atoms with Crippen molar-refractivity contribution in [2.45, 2.75) is 32.5 Å². The lowest BCUT2D eigenvalue weighted by Crippen LogP contribution is -2.33. The molecule has 2 aromatic rings. The highest BCUT2D eigenvalue weighted by molar-refractivity contribution is 7.90. The van der Waals surface area contributed by atoms with E-state index in [0.29, 0.717) is 49.7 Å². The lowest BCUT2D eigenvalue weighted by atomic mass is 10.0. The molecule has 178 valence electrons. The zero-order valence-corrected chi connectivity index (χ0v) is 19.8. The number of nitrogens with zero attached hydrogens (tertiary/aromatic N) is 2. The predicted octanol–water partition coefficient (Wildman–Crippen LogP) is 2.52. The van der Waals surface area contributed by atoms with Gasteiger partial charge in [-0.2, -0.15) is 8.42 Å². The van der Waals surface area contributed by atoms with Gasteiger partial charge >= 0.3 is 10.2 Å². The quantitative estimate of drug-likeness (QED) is 0.661. The van der Waals surface area contributed by atoms with Gasteiger partial charge in [-0.1, -0.05) is 28.2 Å². The number of carbonyl (C=O) groups is 1. The van der Waals surface area contributed by atoms with Gasteiger partial charge in [-0.25, -0.2) is 0 Å². The second-order valence-electron chi connectivity index (χ2n) is 8.31. The van der Waals surface area contributed by atoms with Crippen LogP contribution in [-0.4, -0.2) is 69.3 Å². The molecule has 0 aliphatic carbocycles. The lowest BCUT2D eigenvalue weighted by molar-refractivity contribution is -0.0277. The maximum atomic E-state index is 13.1. The van der Waals surface area contributed by atoms with E-state index >= 15 is 0 Å². The average molecular weight is 476 g/mol. The van der Waals surface area contributed by atoms with Crippen LogP contribution in [0.1, 0.15) is 27.9 Å². The van der Waals surface area contributed by atoms with Crippen molar-refractivity contribution in [2.24, 2.45) is 0 Å². The molecule has 0 radical (unpaired) electrons. The molecule has 2 saturated heterocycles. The molecule has 4 rings (SSSR count). The van der Waals surface area contributed by atoms with Gasteiger partial charge in [-0.3, -0.25) is 14.4 Å². The van der Waals surface area contributed by atoms with Crippen molar-refractivity contribution in [1.82, 2.24) is 9.37 Å². The van der Waals surface area contributed by atoms with Gasteiger partial charge in [-0.05, 0) is 44.0 Å². The third kappa shape index (κ3) is 5.30. The number of methoxy groups -OCH3 is 1. The van der Waals surface area contributed by atoms with Gasteiger partial charge in [0.15, 0.2) is 0 Å². The van der Waals surface area contributed by atoms with Crippen LogP contribution in [0.25, 0.3) is 0 Å². The van der Waals surface area contributed by atoms with E-state index in [1.165, 1.54) is 0 Å². The first-order valence-electron chi connectivity index (χ1n) is 10.9. The summed E-state index contributed by atoms with van der Waals surface area (Å²) in [4.78, 5) is 20.0. The van der Waals surface area contributed by atoms with Crippen LogP contribution in [0.15, 0.2) is 42.5 Å². The third-order valence-corrected chi connectivity index (χ3v) is 7.10. The van der Waals surface area contributed by atoms with Crippen LogP contribution < -0.4 is 9.46 Å². The van der Waals surface area contributed by atoms with E-state index in [1.807, 2.05) is 32.0 Å². The number of hydrogen-bond donors (Lipinski definition) is 1. The lowest BCUT2D eigenvalue weighted by Gasteiger charge is -2.20. The van der Waals surface area contributed by atoms with Crippen molar-refractivity contribution < 1.29 is 27.5 Å². The maximum Gasteiger partial charge on any atom is 0.323 e. The largest absolute Gasteiger partial charge is 0.486 e. The number of ether oxygens (including phenoxy) is 2. The molecule has 0 aromatic heterocycles. The Bertz CT molecular complexity index is 1120. The summed E-state index contributed by atoms with van der Waals surface area (Å²) in [5.41, 5.74) is 2.98. The average Bonchev–Trinajstić information content (AvgIpc) is 3.46. The normalized spacial score (nSPS) is 21.4. The van der Waals surface area contributed by atoms with Gasteiger partial charge in [0.1, 0.15) is 18.0 Å². The molecule has 2 heterocycles. The van der Waals surface area contributed by atoms with Gasteiger partial charge in [-0.15, -0.1) is 0 Å². The molecule has 0 bridgehead atoms. The molecule has 1 amide bonds. The van der Waals surface area contributed by atoms with Crippen molar-refractivity contribution in [3.05, 3.63) is 59.2 Å². The first kappa shape index (κ1) is 23.5. The fourth-order valence-electron chi connectivity index (χ4n) is 4.01. The maximum absolute atomic E-state index is 13.1. The van der Waals surface area contributed by atoms with Crippen molar-refractivity contribution in [3.63, 3.8) is 0 Å². The summed E-state index contributed by atoms with van der Waals surface area (Å²) < 4.78 is 40.1. The predicted molar refractivity (Wildman–Crippen MR) is 123 cm³/mol. The molecular formula is C23H29N3O6S. The smallest absolute Gasteiger partial charge is 0.323 e. The Morgan fingerprint density at radius 2 is 1.91 bits per heavy atom. The molecule has 1 N–H and O–H groups in total. The zero-order chi connectivity index (χ0) is 23.6. The zero-order valence-electron chi connectivity index (χ0n) is 19.0. The first-order valence-corrected chi connectivity index (χ1v) is 12.3. The van der Waals surface area contributed by atoms with Gasteiger partial charge in [0, 0.05) is 25.3 Å². The molecular weight excluding hydrogens is 446 g/mol. The highest BCUT2D eigenvalue weighted by atomic mass is 32.2. The van der Waals surface area contributed by atoms with E-state index in [9.17, 15) is 13.2 Å². The molecule has 2 atom stereocenters. The molecule has 2 fully saturated rings. The highest BCUT2D eigenvalue weighted by Gasteiger charge is 2.38. The molecule has 0 spiro atoms. The summed E-state index contributed by atoms with van der Waals surface area (Å²) >= 11 is 0. The number of hydrogen-bond acceptors (Lipinski definition) is 6. The minimum atomic E-state index is -3.80. The number of amides is 1. The van der Waals surface area contributed by atoms with Crippen LogP contribution in [0.5, 0.6) is 5.75 Å². The van der Waals surface area contributed by atoms with Gasteiger partial charge in [0.2, 0.25) is 0 Å². The second-order valence-corrected chi connectivity index (χ2v) is 9.87. The van der Waals surface area contributed by atoms with E-state index in [-0.39, 0.29) is 12.0 Å².